The molecule has 1 amide bonds. The molecule has 1 fully saturated rings. The lowest BCUT2D eigenvalue weighted by Crippen LogP contribution is -2.43. The average molecular weight is 463 g/mol. The first-order valence-corrected chi connectivity index (χ1v) is 11.8. The molecule has 4 aromatic rings. The third-order valence-corrected chi connectivity index (χ3v) is 6.23. The zero-order chi connectivity index (χ0) is 23.7. The molecule has 10 heteroatoms. The molecule has 4 heterocycles. The number of nitrogens with one attached hydrogen (secondary N) is 2. The number of hydrogen-bond acceptors (Lipinski definition) is 7. The lowest BCUT2D eigenvalue weighted by molar-refractivity contribution is 0.1000. The second-order valence-electron chi connectivity index (χ2n) is 8.62. The van der Waals surface area contributed by atoms with Gasteiger partial charge in [-0.15, -0.1) is 0 Å². The minimum Gasteiger partial charge on any atom is -0.491 e. The Balaban J connectivity index is 1.46. The number of nitrogens with zero attached hydrogens (tertiary/aromatic N) is 5. The van der Waals surface area contributed by atoms with E-state index < -0.39 is 5.91 Å². The van der Waals surface area contributed by atoms with E-state index in [1.807, 2.05) is 24.6 Å². The van der Waals surface area contributed by atoms with Crippen molar-refractivity contribution in [3.63, 3.8) is 0 Å². The van der Waals surface area contributed by atoms with Crippen molar-refractivity contribution in [2.24, 2.45) is 5.73 Å². The molecule has 0 aliphatic carbocycles. The van der Waals surface area contributed by atoms with Gasteiger partial charge in [0.05, 0.1) is 17.8 Å². The van der Waals surface area contributed by atoms with Gasteiger partial charge in [0.25, 0.3) is 0 Å². The maximum atomic E-state index is 12.0. The Kier molecular flexibility index (Phi) is 6.16. The van der Waals surface area contributed by atoms with Crippen LogP contribution in [0.4, 0.5) is 0 Å². The number of carbonyl (C=O) groups excluding carboxylic acids is 1. The fourth-order valence-corrected chi connectivity index (χ4v) is 4.50. The van der Waals surface area contributed by atoms with Gasteiger partial charge in [0, 0.05) is 61.8 Å². The predicted octanol–water partition coefficient (Wildman–Crippen LogP) is 2.08. The predicted molar refractivity (Wildman–Crippen MR) is 131 cm³/mol. The summed E-state index contributed by atoms with van der Waals surface area (Å²) in [7, 11) is 0. The van der Waals surface area contributed by atoms with Crippen molar-refractivity contribution in [1.29, 1.82) is 0 Å². The fourth-order valence-electron chi connectivity index (χ4n) is 4.50. The van der Waals surface area contributed by atoms with Crippen molar-refractivity contribution >= 4 is 27.8 Å². The number of benzene rings is 1. The van der Waals surface area contributed by atoms with Crippen molar-refractivity contribution in [1.82, 2.24) is 34.9 Å². The van der Waals surface area contributed by atoms with Gasteiger partial charge >= 0.3 is 0 Å². The molecule has 0 radical (unpaired) electrons. The van der Waals surface area contributed by atoms with Gasteiger partial charge < -0.3 is 25.7 Å². The van der Waals surface area contributed by atoms with Crippen LogP contribution in [-0.4, -0.2) is 74.9 Å². The van der Waals surface area contributed by atoms with Crippen molar-refractivity contribution in [3.8, 4) is 17.3 Å². The van der Waals surface area contributed by atoms with Crippen LogP contribution < -0.4 is 15.8 Å². The number of nitrogens with two attached hydrogens (primary N) is 1. The summed E-state index contributed by atoms with van der Waals surface area (Å²) >= 11 is 0. The Bertz CT molecular complexity index is 1340. The third-order valence-electron chi connectivity index (χ3n) is 6.23. The number of aryl methyl sites for hydroxylation is 2. The van der Waals surface area contributed by atoms with Crippen LogP contribution in [0.25, 0.3) is 33.5 Å². The van der Waals surface area contributed by atoms with E-state index in [9.17, 15) is 4.79 Å². The maximum absolute atomic E-state index is 12.0. The molecule has 34 heavy (non-hydrogen) atoms. The van der Waals surface area contributed by atoms with E-state index in [-0.39, 0.29) is 0 Å². The van der Waals surface area contributed by atoms with E-state index >= 15 is 0 Å². The molecule has 1 aliphatic rings. The molecule has 5 rings (SSSR count). The number of piperazine rings is 1. The first kappa shape index (κ1) is 22.3. The summed E-state index contributed by atoms with van der Waals surface area (Å²) in [6.45, 7) is 10.4. The minimum atomic E-state index is -0.498. The quantitative estimate of drug-likeness (QED) is 0.342. The van der Waals surface area contributed by atoms with Gasteiger partial charge in [0.2, 0.25) is 5.91 Å². The standard InChI is InChI=1S/C24H30N8O2/c1-3-32-19(11-15(2)30-32)24-27-14-18-17-12-16(22(25)33)13-20(21(17)28-23(18)29-24)34-10-4-7-31-8-5-26-6-9-31/h11-14,26H,3-10H2,1-2H3,(H2,25,33)(H,27,28,29). The van der Waals surface area contributed by atoms with Gasteiger partial charge in [-0.05, 0) is 38.5 Å². The Morgan fingerprint density at radius 1 is 1.21 bits per heavy atom. The number of carbonyl (C=O) groups is 1. The molecule has 1 aromatic carbocycles. The molecular weight excluding hydrogens is 432 g/mol. The van der Waals surface area contributed by atoms with E-state index in [4.69, 9.17) is 15.5 Å². The summed E-state index contributed by atoms with van der Waals surface area (Å²) in [4.78, 5) is 27.2. The smallest absolute Gasteiger partial charge is 0.248 e. The molecule has 0 spiro atoms. The third kappa shape index (κ3) is 4.34. The van der Waals surface area contributed by atoms with Crippen LogP contribution in [0.5, 0.6) is 5.75 Å². The largest absolute Gasteiger partial charge is 0.491 e. The molecule has 0 saturated carbocycles. The number of aromatic nitrogens is 5. The number of aromatic amines is 1. The average Bonchev–Trinajstić information content (AvgIpc) is 3.41. The van der Waals surface area contributed by atoms with Gasteiger partial charge in [-0.2, -0.15) is 5.10 Å². The van der Waals surface area contributed by atoms with E-state index in [1.54, 1.807) is 18.3 Å². The Hall–Kier alpha value is -3.50. The van der Waals surface area contributed by atoms with Crippen LogP contribution in [0, 0.1) is 6.92 Å². The number of ether oxygens (including phenoxy) is 1. The van der Waals surface area contributed by atoms with E-state index in [0.29, 0.717) is 29.4 Å². The van der Waals surface area contributed by atoms with Crippen molar-refractivity contribution in [3.05, 3.63) is 35.7 Å². The molecular formula is C24H30N8O2. The minimum absolute atomic E-state index is 0.397. The van der Waals surface area contributed by atoms with Crippen LogP contribution in [0.15, 0.2) is 24.4 Å². The topological polar surface area (TPSA) is 127 Å². The van der Waals surface area contributed by atoms with Gasteiger partial charge in [-0.3, -0.25) is 9.48 Å². The van der Waals surface area contributed by atoms with E-state index in [0.717, 1.165) is 73.4 Å². The highest BCUT2D eigenvalue weighted by Gasteiger charge is 2.17. The number of rotatable bonds is 8. The molecule has 0 unspecified atom stereocenters. The van der Waals surface area contributed by atoms with Crippen LogP contribution in [0.2, 0.25) is 0 Å². The molecule has 3 aromatic heterocycles. The summed E-state index contributed by atoms with van der Waals surface area (Å²) < 4.78 is 8.03. The normalized spacial score (nSPS) is 14.8. The first-order valence-electron chi connectivity index (χ1n) is 11.8. The monoisotopic (exact) mass is 462 g/mol. The number of amides is 1. The van der Waals surface area contributed by atoms with Crippen molar-refractivity contribution < 1.29 is 9.53 Å². The molecule has 1 aliphatic heterocycles. The van der Waals surface area contributed by atoms with Gasteiger partial charge in [0.15, 0.2) is 5.82 Å². The van der Waals surface area contributed by atoms with Crippen molar-refractivity contribution in [2.75, 3.05) is 39.3 Å². The van der Waals surface area contributed by atoms with Crippen LogP contribution in [0.3, 0.4) is 0 Å². The number of H-pyrrole nitrogens is 1. The highest BCUT2D eigenvalue weighted by Crippen LogP contribution is 2.33. The summed E-state index contributed by atoms with van der Waals surface area (Å²) in [5.41, 5.74) is 9.25. The second-order valence-corrected chi connectivity index (χ2v) is 8.62. The molecule has 0 atom stereocenters. The highest BCUT2D eigenvalue weighted by atomic mass is 16.5. The Morgan fingerprint density at radius 2 is 2.03 bits per heavy atom. The molecule has 0 bridgehead atoms. The maximum Gasteiger partial charge on any atom is 0.248 e. The molecule has 1 saturated heterocycles. The van der Waals surface area contributed by atoms with Gasteiger partial charge in [-0.25, -0.2) is 9.97 Å². The van der Waals surface area contributed by atoms with E-state index in [2.05, 4.69) is 25.3 Å². The number of hydrogen-bond donors (Lipinski definition) is 3. The van der Waals surface area contributed by atoms with Gasteiger partial charge in [0.1, 0.15) is 17.1 Å². The first-order chi connectivity index (χ1) is 16.5. The van der Waals surface area contributed by atoms with Crippen LogP contribution >= 0.6 is 0 Å². The van der Waals surface area contributed by atoms with Crippen molar-refractivity contribution in [2.45, 2.75) is 26.8 Å². The zero-order valence-corrected chi connectivity index (χ0v) is 19.6. The number of fused-ring (bicyclic) bond motifs is 3. The zero-order valence-electron chi connectivity index (χ0n) is 19.6. The number of primary amides is 1. The highest BCUT2D eigenvalue weighted by molar-refractivity contribution is 6.11. The molecule has 178 valence electrons. The van der Waals surface area contributed by atoms with Gasteiger partial charge in [-0.1, -0.05) is 0 Å². The lowest BCUT2D eigenvalue weighted by atomic mass is 10.1. The SMILES string of the molecule is CCn1nc(C)cc1-c1ncc2c(n1)[nH]c1c(OCCCN3CCNCC3)cc(C(N)=O)cc12. The summed E-state index contributed by atoms with van der Waals surface area (Å²) in [5.74, 6) is 0.692. The second kappa shape index (κ2) is 9.40. The summed E-state index contributed by atoms with van der Waals surface area (Å²) in [6, 6.07) is 5.45. The molecule has 10 nitrogen and oxygen atoms in total. The lowest BCUT2D eigenvalue weighted by Gasteiger charge is -2.27. The summed E-state index contributed by atoms with van der Waals surface area (Å²) in [6.07, 6.45) is 2.67. The Labute approximate surface area is 197 Å². The van der Waals surface area contributed by atoms with Crippen LogP contribution in [0.1, 0.15) is 29.4 Å². The van der Waals surface area contributed by atoms with E-state index in [1.165, 1.54) is 0 Å². The Morgan fingerprint density at radius 3 is 2.79 bits per heavy atom. The summed E-state index contributed by atoms with van der Waals surface area (Å²) in [5, 5.41) is 9.49. The fraction of sp³-hybridized carbons (Fsp3) is 0.417. The molecule has 4 N–H and O–H groups in total. The van der Waals surface area contributed by atoms with Crippen LogP contribution in [-0.2, 0) is 6.54 Å².